The quantitative estimate of drug-likeness (QED) is 0.430. The Morgan fingerprint density at radius 1 is 0.929 bits per heavy atom. The van der Waals surface area contributed by atoms with Gasteiger partial charge in [-0.15, -0.1) is 0 Å². The van der Waals surface area contributed by atoms with Crippen LogP contribution in [0.25, 0.3) is 44.9 Å². The molecule has 0 amide bonds. The number of anilines is 1. The van der Waals surface area contributed by atoms with Crippen molar-refractivity contribution in [3.63, 3.8) is 0 Å². The van der Waals surface area contributed by atoms with E-state index in [9.17, 15) is 0 Å². The van der Waals surface area contributed by atoms with Crippen molar-refractivity contribution in [2.45, 2.75) is 6.92 Å². The van der Waals surface area contributed by atoms with Crippen molar-refractivity contribution >= 4 is 50.5 Å². The molecule has 3 heterocycles. The van der Waals surface area contributed by atoms with Crippen LogP contribution in [0, 0.1) is 6.92 Å². The molecule has 4 heteroatoms. The van der Waals surface area contributed by atoms with Gasteiger partial charge in [0.15, 0.2) is 0 Å². The largest absolute Gasteiger partial charge is 0.399 e. The van der Waals surface area contributed by atoms with Crippen LogP contribution in [0.5, 0.6) is 0 Å². The zero-order valence-electron chi connectivity index (χ0n) is 15.8. The van der Waals surface area contributed by atoms with Crippen molar-refractivity contribution in [3.8, 4) is 0 Å². The van der Waals surface area contributed by atoms with Gasteiger partial charge in [-0.25, -0.2) is 0 Å². The first kappa shape index (κ1) is 16.5. The molecular formula is C24H20N4. The monoisotopic (exact) mass is 364 g/mol. The Bertz CT molecular complexity index is 1390. The van der Waals surface area contributed by atoms with E-state index >= 15 is 0 Å². The molecule has 5 aromatic rings. The van der Waals surface area contributed by atoms with Gasteiger partial charge in [0.25, 0.3) is 0 Å². The molecule has 0 fully saturated rings. The SMILES string of the molecule is Cc1nc(C=Cc2ccnc3ccccc23)cc2c3cc(N)ccc3n(C)c12. The Labute approximate surface area is 163 Å². The van der Waals surface area contributed by atoms with Gasteiger partial charge in [-0.3, -0.25) is 9.97 Å². The number of para-hydroxylation sites is 1. The number of fused-ring (bicyclic) bond motifs is 4. The van der Waals surface area contributed by atoms with E-state index in [1.165, 1.54) is 5.39 Å². The van der Waals surface area contributed by atoms with Gasteiger partial charge < -0.3 is 10.3 Å². The number of aryl methyl sites for hydroxylation is 2. The minimum absolute atomic E-state index is 0.773. The van der Waals surface area contributed by atoms with Crippen LogP contribution in [0.4, 0.5) is 5.69 Å². The Hall–Kier alpha value is -3.66. The highest BCUT2D eigenvalue weighted by molar-refractivity contribution is 6.10. The maximum absolute atomic E-state index is 6.04. The van der Waals surface area contributed by atoms with E-state index in [-0.39, 0.29) is 0 Å². The van der Waals surface area contributed by atoms with Crippen molar-refractivity contribution in [1.82, 2.24) is 14.5 Å². The highest BCUT2D eigenvalue weighted by Crippen LogP contribution is 2.32. The number of aromatic nitrogens is 3. The Morgan fingerprint density at radius 2 is 1.79 bits per heavy atom. The lowest BCUT2D eigenvalue weighted by atomic mass is 10.1. The highest BCUT2D eigenvalue weighted by Gasteiger charge is 2.12. The fourth-order valence-electron chi connectivity index (χ4n) is 4.02. The number of nitrogens with two attached hydrogens (primary N) is 1. The second-order valence-corrected chi connectivity index (χ2v) is 7.11. The summed E-state index contributed by atoms with van der Waals surface area (Å²) in [4.78, 5) is 9.25. The van der Waals surface area contributed by atoms with E-state index in [4.69, 9.17) is 10.7 Å². The van der Waals surface area contributed by atoms with Crippen LogP contribution >= 0.6 is 0 Å². The summed E-state index contributed by atoms with van der Waals surface area (Å²) in [5.41, 5.74) is 13.2. The molecule has 28 heavy (non-hydrogen) atoms. The van der Waals surface area contributed by atoms with Crippen LogP contribution in [0.2, 0.25) is 0 Å². The minimum Gasteiger partial charge on any atom is -0.399 e. The van der Waals surface area contributed by atoms with Gasteiger partial charge in [-0.1, -0.05) is 24.3 Å². The maximum atomic E-state index is 6.04. The van der Waals surface area contributed by atoms with Crippen molar-refractivity contribution in [1.29, 1.82) is 0 Å². The Balaban J connectivity index is 1.68. The molecule has 0 saturated carbocycles. The molecule has 0 aliphatic rings. The fraction of sp³-hybridized carbons (Fsp3) is 0.0833. The molecular weight excluding hydrogens is 344 g/mol. The fourth-order valence-corrected chi connectivity index (χ4v) is 4.02. The molecule has 4 nitrogen and oxygen atoms in total. The van der Waals surface area contributed by atoms with Crippen LogP contribution in [0.15, 0.2) is 60.8 Å². The van der Waals surface area contributed by atoms with E-state index in [2.05, 4.69) is 53.9 Å². The Kier molecular flexibility index (Phi) is 3.66. The summed E-state index contributed by atoms with van der Waals surface area (Å²) in [5.74, 6) is 0. The predicted molar refractivity (Wildman–Crippen MR) is 118 cm³/mol. The summed E-state index contributed by atoms with van der Waals surface area (Å²) in [7, 11) is 2.08. The topological polar surface area (TPSA) is 56.7 Å². The third kappa shape index (κ3) is 2.54. The summed E-state index contributed by atoms with van der Waals surface area (Å²) < 4.78 is 2.19. The smallest absolute Gasteiger partial charge is 0.0707 e. The van der Waals surface area contributed by atoms with E-state index in [1.807, 2.05) is 42.6 Å². The molecule has 0 radical (unpaired) electrons. The summed E-state index contributed by atoms with van der Waals surface area (Å²) in [5, 5.41) is 3.47. The molecule has 2 aromatic carbocycles. The summed E-state index contributed by atoms with van der Waals surface area (Å²) in [6.07, 6.45) is 6.02. The van der Waals surface area contributed by atoms with Gasteiger partial charge >= 0.3 is 0 Å². The molecule has 0 bridgehead atoms. The standard InChI is InChI=1S/C24H20N4/c1-15-24-21(20-13-17(25)8-10-23(20)28(24)2)14-18(27-15)9-7-16-11-12-26-22-6-4-3-5-19(16)22/h3-14H,25H2,1-2H3. The maximum Gasteiger partial charge on any atom is 0.0707 e. The van der Waals surface area contributed by atoms with Gasteiger partial charge in [0.1, 0.15) is 0 Å². The number of rotatable bonds is 2. The van der Waals surface area contributed by atoms with Crippen LogP contribution in [-0.2, 0) is 7.05 Å². The first-order valence-corrected chi connectivity index (χ1v) is 9.29. The van der Waals surface area contributed by atoms with Crippen LogP contribution in [0.3, 0.4) is 0 Å². The first-order valence-electron chi connectivity index (χ1n) is 9.29. The number of nitrogens with zero attached hydrogens (tertiary/aromatic N) is 3. The summed E-state index contributed by atoms with van der Waals surface area (Å²) in [6.45, 7) is 2.06. The van der Waals surface area contributed by atoms with Gasteiger partial charge in [-0.2, -0.15) is 0 Å². The third-order valence-corrected chi connectivity index (χ3v) is 5.31. The first-order chi connectivity index (χ1) is 13.6. The molecule has 3 aromatic heterocycles. The molecule has 136 valence electrons. The van der Waals surface area contributed by atoms with E-state index < -0.39 is 0 Å². The van der Waals surface area contributed by atoms with Crippen molar-refractivity contribution in [2.24, 2.45) is 7.05 Å². The van der Waals surface area contributed by atoms with E-state index in [1.54, 1.807) is 0 Å². The van der Waals surface area contributed by atoms with Crippen molar-refractivity contribution < 1.29 is 0 Å². The number of benzene rings is 2. The molecule has 0 saturated heterocycles. The second kappa shape index (κ2) is 6.20. The van der Waals surface area contributed by atoms with Crippen LogP contribution < -0.4 is 5.73 Å². The molecule has 0 aliphatic heterocycles. The van der Waals surface area contributed by atoms with Gasteiger partial charge in [0.05, 0.1) is 22.4 Å². The molecule has 5 rings (SSSR count). The zero-order valence-corrected chi connectivity index (χ0v) is 15.8. The highest BCUT2D eigenvalue weighted by atomic mass is 15.0. The number of nitrogen functional groups attached to an aromatic ring is 1. The summed E-state index contributed by atoms with van der Waals surface area (Å²) in [6, 6.07) is 18.4. The van der Waals surface area contributed by atoms with Crippen LogP contribution in [0.1, 0.15) is 17.0 Å². The molecule has 2 N–H and O–H groups in total. The predicted octanol–water partition coefficient (Wildman–Crippen LogP) is 5.34. The van der Waals surface area contributed by atoms with Gasteiger partial charge in [-0.05, 0) is 55.0 Å². The molecule has 0 spiro atoms. The molecule has 0 unspecified atom stereocenters. The minimum atomic E-state index is 0.773. The van der Waals surface area contributed by atoms with Gasteiger partial charge in [0.2, 0.25) is 0 Å². The molecule has 0 aliphatic carbocycles. The number of hydrogen-bond acceptors (Lipinski definition) is 3. The van der Waals surface area contributed by atoms with Crippen LogP contribution in [-0.4, -0.2) is 14.5 Å². The number of hydrogen-bond donors (Lipinski definition) is 1. The van der Waals surface area contributed by atoms with Gasteiger partial charge in [0, 0.05) is 40.6 Å². The lowest BCUT2D eigenvalue weighted by molar-refractivity contribution is 0.996. The number of pyridine rings is 2. The normalized spacial score (nSPS) is 11.9. The lowest BCUT2D eigenvalue weighted by Gasteiger charge is -2.04. The van der Waals surface area contributed by atoms with E-state index in [0.717, 1.165) is 50.0 Å². The average Bonchev–Trinajstić information content (AvgIpc) is 2.98. The lowest BCUT2D eigenvalue weighted by Crippen LogP contribution is -1.93. The summed E-state index contributed by atoms with van der Waals surface area (Å²) >= 11 is 0. The molecule has 0 atom stereocenters. The van der Waals surface area contributed by atoms with Crippen molar-refractivity contribution in [3.05, 3.63) is 77.7 Å². The third-order valence-electron chi connectivity index (χ3n) is 5.31. The zero-order chi connectivity index (χ0) is 19.3. The second-order valence-electron chi connectivity index (χ2n) is 7.11. The van der Waals surface area contributed by atoms with Crippen molar-refractivity contribution in [2.75, 3.05) is 5.73 Å². The Morgan fingerprint density at radius 3 is 2.68 bits per heavy atom. The van der Waals surface area contributed by atoms with E-state index in [0.29, 0.717) is 0 Å². The average molecular weight is 364 g/mol.